The highest BCUT2D eigenvalue weighted by Gasteiger charge is 2.34. The van der Waals surface area contributed by atoms with Crippen molar-refractivity contribution in [3.05, 3.63) is 18.2 Å². The molecule has 0 aliphatic carbocycles. The third-order valence-corrected chi connectivity index (χ3v) is 6.23. The van der Waals surface area contributed by atoms with Gasteiger partial charge in [0, 0.05) is 6.54 Å². The summed E-state index contributed by atoms with van der Waals surface area (Å²) in [6, 6.07) is 4.81. The van der Waals surface area contributed by atoms with E-state index in [1.165, 1.54) is 15.6 Å². The average molecular weight is 369 g/mol. The van der Waals surface area contributed by atoms with Crippen molar-refractivity contribution in [2.24, 2.45) is 0 Å². The van der Waals surface area contributed by atoms with E-state index < -0.39 is 16.1 Å². The van der Waals surface area contributed by atoms with Crippen LogP contribution < -0.4 is 10.1 Å². The summed E-state index contributed by atoms with van der Waals surface area (Å²) in [5.74, 6) is 0.394. The van der Waals surface area contributed by atoms with Crippen molar-refractivity contribution in [2.45, 2.75) is 25.3 Å². The van der Waals surface area contributed by atoms with Gasteiger partial charge in [-0.25, -0.2) is 13.4 Å². The molecule has 2 heterocycles. The number of benzene rings is 1. The molecule has 1 amide bonds. The smallest absolute Gasteiger partial charge is 0.244 e. The molecule has 1 aromatic carbocycles. The van der Waals surface area contributed by atoms with E-state index in [2.05, 4.69) is 10.3 Å². The number of aromatic nitrogens is 1. The molecule has 3 rings (SSSR count). The Morgan fingerprint density at radius 2 is 2.21 bits per heavy atom. The van der Waals surface area contributed by atoms with Crippen molar-refractivity contribution in [1.29, 1.82) is 0 Å². The van der Waals surface area contributed by atoms with Gasteiger partial charge in [0.25, 0.3) is 0 Å². The maximum absolute atomic E-state index is 12.5. The molecule has 0 spiro atoms. The van der Waals surface area contributed by atoms with Crippen molar-refractivity contribution >= 4 is 42.6 Å². The van der Waals surface area contributed by atoms with Crippen LogP contribution in [0.1, 0.15) is 19.3 Å². The van der Waals surface area contributed by atoms with Gasteiger partial charge in [0.1, 0.15) is 11.8 Å². The standard InChI is InChI=1S/C15H19N3O4S2/c1-22-10-6-7-11-13(9-10)23-15(16-11)17-14(19)12-5-3-4-8-18(12)24(2,20)21/h6-7,9,12H,3-5,8H2,1-2H3,(H,16,17,19)/t12-/m1/s1. The Hall–Kier alpha value is -1.71. The summed E-state index contributed by atoms with van der Waals surface area (Å²) in [4.78, 5) is 16.9. The van der Waals surface area contributed by atoms with Crippen molar-refractivity contribution in [3.63, 3.8) is 0 Å². The summed E-state index contributed by atoms with van der Waals surface area (Å²) in [5.41, 5.74) is 0.764. The first-order valence-electron chi connectivity index (χ1n) is 7.61. The molecule has 1 atom stereocenters. The van der Waals surface area contributed by atoms with Gasteiger partial charge in [0.2, 0.25) is 15.9 Å². The number of nitrogens with zero attached hydrogens (tertiary/aromatic N) is 2. The molecule has 1 aliphatic rings. The van der Waals surface area contributed by atoms with Crippen LogP contribution in [0.2, 0.25) is 0 Å². The van der Waals surface area contributed by atoms with Gasteiger partial charge in [-0.15, -0.1) is 0 Å². The normalized spacial score (nSPS) is 19.3. The average Bonchev–Trinajstić information content (AvgIpc) is 2.95. The second-order valence-electron chi connectivity index (χ2n) is 5.73. The van der Waals surface area contributed by atoms with Crippen LogP contribution in [0.15, 0.2) is 18.2 Å². The monoisotopic (exact) mass is 369 g/mol. The maximum Gasteiger partial charge on any atom is 0.244 e. The lowest BCUT2D eigenvalue weighted by Gasteiger charge is -2.32. The van der Waals surface area contributed by atoms with Crippen molar-refractivity contribution < 1.29 is 17.9 Å². The molecular weight excluding hydrogens is 350 g/mol. The number of hydrogen-bond donors (Lipinski definition) is 1. The summed E-state index contributed by atoms with van der Waals surface area (Å²) in [5, 5.41) is 3.22. The number of ether oxygens (including phenoxy) is 1. The minimum atomic E-state index is -3.41. The second kappa shape index (κ2) is 6.66. The maximum atomic E-state index is 12.5. The highest BCUT2D eigenvalue weighted by Crippen LogP contribution is 2.30. The Morgan fingerprint density at radius 3 is 2.92 bits per heavy atom. The molecule has 0 radical (unpaired) electrons. The van der Waals surface area contributed by atoms with Gasteiger partial charge in [-0.2, -0.15) is 4.31 Å². The Kier molecular flexibility index (Phi) is 4.75. The van der Waals surface area contributed by atoms with Gasteiger partial charge in [-0.05, 0) is 31.0 Å². The van der Waals surface area contributed by atoms with Gasteiger partial charge >= 0.3 is 0 Å². The number of methoxy groups -OCH3 is 1. The van der Waals surface area contributed by atoms with Crippen LogP contribution in [-0.2, 0) is 14.8 Å². The number of carbonyl (C=O) groups is 1. The summed E-state index contributed by atoms with van der Waals surface area (Å²) in [7, 11) is -1.82. The van der Waals surface area contributed by atoms with Crippen LogP contribution in [-0.4, -0.2) is 49.6 Å². The fourth-order valence-corrected chi connectivity index (χ4v) is 4.86. The van der Waals surface area contributed by atoms with E-state index in [9.17, 15) is 13.2 Å². The zero-order valence-corrected chi connectivity index (χ0v) is 15.1. The molecule has 1 aromatic heterocycles. The number of thiazole rings is 1. The molecule has 0 saturated carbocycles. The van der Waals surface area contributed by atoms with Gasteiger partial charge in [-0.3, -0.25) is 4.79 Å². The lowest BCUT2D eigenvalue weighted by atomic mass is 10.0. The molecule has 1 saturated heterocycles. The fourth-order valence-electron chi connectivity index (χ4n) is 2.84. The first kappa shape index (κ1) is 17.1. The Morgan fingerprint density at radius 1 is 1.42 bits per heavy atom. The van der Waals surface area contributed by atoms with Crippen LogP contribution >= 0.6 is 11.3 Å². The minimum absolute atomic E-state index is 0.328. The molecular formula is C15H19N3O4S2. The first-order chi connectivity index (χ1) is 11.4. The van der Waals surface area contributed by atoms with Crippen LogP contribution in [0.5, 0.6) is 5.75 Å². The van der Waals surface area contributed by atoms with Gasteiger partial charge in [0.05, 0.1) is 23.6 Å². The molecule has 0 bridgehead atoms. The predicted octanol–water partition coefficient (Wildman–Crippen LogP) is 2.06. The number of rotatable bonds is 4. The molecule has 1 N–H and O–H groups in total. The van der Waals surface area contributed by atoms with Crippen molar-refractivity contribution in [1.82, 2.24) is 9.29 Å². The lowest BCUT2D eigenvalue weighted by Crippen LogP contribution is -2.49. The Labute approximate surface area is 144 Å². The number of amides is 1. The largest absolute Gasteiger partial charge is 0.497 e. The third kappa shape index (κ3) is 3.52. The van der Waals surface area contributed by atoms with Crippen LogP contribution in [0, 0.1) is 0 Å². The summed E-state index contributed by atoms with van der Waals surface area (Å²) >= 11 is 1.34. The third-order valence-electron chi connectivity index (χ3n) is 4.01. The van der Waals surface area contributed by atoms with E-state index in [-0.39, 0.29) is 5.91 Å². The quantitative estimate of drug-likeness (QED) is 0.891. The number of nitrogens with one attached hydrogen (secondary N) is 1. The number of hydrogen-bond acceptors (Lipinski definition) is 6. The Bertz CT molecular complexity index is 863. The summed E-state index contributed by atoms with van der Waals surface area (Å²) in [6.45, 7) is 0.383. The number of piperidine rings is 1. The Balaban J connectivity index is 1.80. The van der Waals surface area contributed by atoms with Crippen LogP contribution in [0.3, 0.4) is 0 Å². The molecule has 2 aromatic rings. The highest BCUT2D eigenvalue weighted by atomic mass is 32.2. The van der Waals surface area contributed by atoms with Crippen molar-refractivity contribution in [2.75, 3.05) is 25.2 Å². The van der Waals surface area contributed by atoms with E-state index in [4.69, 9.17) is 4.74 Å². The van der Waals surface area contributed by atoms with Crippen LogP contribution in [0.25, 0.3) is 10.2 Å². The van der Waals surface area contributed by atoms with E-state index in [0.717, 1.165) is 35.1 Å². The molecule has 9 heteroatoms. The van der Waals surface area contributed by atoms with Crippen molar-refractivity contribution in [3.8, 4) is 5.75 Å². The zero-order valence-electron chi connectivity index (χ0n) is 13.5. The molecule has 7 nitrogen and oxygen atoms in total. The van der Waals surface area contributed by atoms with E-state index >= 15 is 0 Å². The van der Waals surface area contributed by atoms with E-state index in [0.29, 0.717) is 18.1 Å². The topological polar surface area (TPSA) is 88.6 Å². The molecule has 1 aliphatic heterocycles. The van der Waals surface area contributed by atoms with E-state index in [1.807, 2.05) is 12.1 Å². The second-order valence-corrected chi connectivity index (χ2v) is 8.69. The van der Waals surface area contributed by atoms with Gasteiger partial charge in [-0.1, -0.05) is 17.8 Å². The molecule has 1 fully saturated rings. The highest BCUT2D eigenvalue weighted by molar-refractivity contribution is 7.88. The first-order valence-corrected chi connectivity index (χ1v) is 10.3. The molecule has 24 heavy (non-hydrogen) atoms. The molecule has 130 valence electrons. The zero-order chi connectivity index (χ0) is 17.3. The van der Waals surface area contributed by atoms with Gasteiger partial charge < -0.3 is 10.1 Å². The number of carbonyl (C=O) groups excluding carboxylic acids is 1. The fraction of sp³-hybridized carbons (Fsp3) is 0.467. The number of anilines is 1. The molecule has 0 unspecified atom stereocenters. The SMILES string of the molecule is COc1ccc2nc(NC(=O)[C@H]3CCCCN3S(C)(=O)=O)sc2c1. The van der Waals surface area contributed by atoms with E-state index in [1.54, 1.807) is 13.2 Å². The summed E-state index contributed by atoms with van der Waals surface area (Å²) in [6.07, 6.45) is 3.28. The minimum Gasteiger partial charge on any atom is -0.497 e. The predicted molar refractivity (Wildman–Crippen MR) is 94.0 cm³/mol. The van der Waals surface area contributed by atoms with Crippen LogP contribution in [0.4, 0.5) is 5.13 Å². The number of fused-ring (bicyclic) bond motifs is 1. The van der Waals surface area contributed by atoms with Gasteiger partial charge in [0.15, 0.2) is 5.13 Å². The number of sulfonamides is 1. The lowest BCUT2D eigenvalue weighted by molar-refractivity contribution is -0.120. The summed E-state index contributed by atoms with van der Waals surface area (Å²) < 4.78 is 31.1.